The molecule has 2 N–H and O–H groups in total. The van der Waals surface area contributed by atoms with Gasteiger partial charge in [-0.3, -0.25) is 0 Å². The smallest absolute Gasteiger partial charge is 0.243 e. The summed E-state index contributed by atoms with van der Waals surface area (Å²) in [6, 6.07) is 6.95. The Bertz CT molecular complexity index is 682. The van der Waals surface area contributed by atoms with Gasteiger partial charge < -0.3 is 15.4 Å². The number of nitrogens with one attached hydrogen (secondary N) is 2. The summed E-state index contributed by atoms with van der Waals surface area (Å²) in [5.41, 5.74) is 0.977. The van der Waals surface area contributed by atoms with Crippen molar-refractivity contribution >= 4 is 27.4 Å². The Labute approximate surface area is 162 Å². The van der Waals surface area contributed by atoms with Crippen molar-refractivity contribution in [1.82, 2.24) is 14.9 Å². The van der Waals surface area contributed by atoms with Gasteiger partial charge in [0, 0.05) is 26.2 Å². The van der Waals surface area contributed by atoms with E-state index in [4.69, 9.17) is 17.0 Å². The topological polar surface area (TPSA) is 70.7 Å². The molecule has 0 aliphatic carbocycles. The molecule has 0 spiro atoms. The summed E-state index contributed by atoms with van der Waals surface area (Å²) < 4.78 is 32.1. The van der Waals surface area contributed by atoms with Gasteiger partial charge in [0.15, 0.2) is 5.11 Å². The quantitative estimate of drug-likeness (QED) is 0.654. The molecular formula is C18H29N3O3S2. The number of nitrogens with zero attached hydrogens (tertiary/aromatic N) is 1. The lowest BCUT2D eigenvalue weighted by Gasteiger charge is -2.20. The van der Waals surface area contributed by atoms with Crippen LogP contribution in [0.2, 0.25) is 0 Å². The van der Waals surface area contributed by atoms with Crippen LogP contribution in [0.15, 0.2) is 29.2 Å². The molecule has 0 saturated carbocycles. The second kappa shape index (κ2) is 9.64. The van der Waals surface area contributed by atoms with Gasteiger partial charge in [0.1, 0.15) is 0 Å². The summed E-state index contributed by atoms with van der Waals surface area (Å²) in [5.74, 6) is 0. The van der Waals surface area contributed by atoms with Gasteiger partial charge >= 0.3 is 0 Å². The molecule has 146 valence electrons. The summed E-state index contributed by atoms with van der Waals surface area (Å²) in [5, 5.41) is 6.99. The van der Waals surface area contributed by atoms with Crippen LogP contribution in [0.4, 0.5) is 0 Å². The summed E-state index contributed by atoms with van der Waals surface area (Å²) in [6.45, 7) is 8.13. The third kappa shape index (κ3) is 5.39. The number of rotatable bonds is 8. The number of benzene rings is 1. The molecule has 1 aliphatic heterocycles. The number of hydrogen-bond acceptors (Lipinski definition) is 4. The standard InChI is InChI=1S/C18H29N3O3S2/c1-4-21(5-2)26(22,23)17-10-8-15(9-11-17)14(3)20-18(25)19-13-16-7-6-12-24-16/h8-11,14,16H,4-7,12-13H2,1-3H3,(H2,19,20,25)/t14-,16+/m0/s1. The zero-order valence-electron chi connectivity index (χ0n) is 15.7. The Morgan fingerprint density at radius 2 is 1.96 bits per heavy atom. The molecular weight excluding hydrogens is 370 g/mol. The summed E-state index contributed by atoms with van der Waals surface area (Å²) in [7, 11) is -3.42. The van der Waals surface area contributed by atoms with Crippen LogP contribution in [0.5, 0.6) is 0 Å². The Hall–Kier alpha value is -1.22. The predicted octanol–water partition coefficient (Wildman–Crippen LogP) is 2.42. The summed E-state index contributed by atoms with van der Waals surface area (Å²) >= 11 is 5.34. The summed E-state index contributed by atoms with van der Waals surface area (Å²) in [6.07, 6.45) is 2.40. The fourth-order valence-corrected chi connectivity index (χ4v) is 4.70. The lowest BCUT2D eigenvalue weighted by atomic mass is 10.1. The van der Waals surface area contributed by atoms with E-state index in [9.17, 15) is 8.42 Å². The van der Waals surface area contributed by atoms with Crippen molar-refractivity contribution in [3.05, 3.63) is 29.8 Å². The van der Waals surface area contributed by atoms with E-state index in [1.165, 1.54) is 4.31 Å². The molecule has 2 atom stereocenters. The third-order valence-electron chi connectivity index (χ3n) is 4.59. The van der Waals surface area contributed by atoms with Crippen LogP contribution in [-0.4, -0.2) is 50.2 Å². The van der Waals surface area contributed by atoms with Gasteiger partial charge in [-0.05, 0) is 49.7 Å². The van der Waals surface area contributed by atoms with E-state index in [1.54, 1.807) is 12.1 Å². The zero-order valence-corrected chi connectivity index (χ0v) is 17.3. The van der Waals surface area contributed by atoms with E-state index >= 15 is 0 Å². The monoisotopic (exact) mass is 399 g/mol. The molecule has 1 saturated heterocycles. The normalized spacial score (nSPS) is 18.7. The van der Waals surface area contributed by atoms with Gasteiger partial charge in [0.05, 0.1) is 17.0 Å². The highest BCUT2D eigenvalue weighted by atomic mass is 32.2. The second-order valence-electron chi connectivity index (χ2n) is 6.37. The third-order valence-corrected chi connectivity index (χ3v) is 6.91. The Morgan fingerprint density at radius 1 is 1.31 bits per heavy atom. The van der Waals surface area contributed by atoms with Crippen LogP contribution in [0.3, 0.4) is 0 Å². The van der Waals surface area contributed by atoms with Crippen molar-refractivity contribution in [1.29, 1.82) is 0 Å². The summed E-state index contributed by atoms with van der Waals surface area (Å²) in [4.78, 5) is 0.316. The molecule has 0 aromatic heterocycles. The highest BCUT2D eigenvalue weighted by Gasteiger charge is 2.21. The SMILES string of the molecule is CCN(CC)S(=O)(=O)c1ccc([C@H](C)NC(=S)NC[C@H]2CCCO2)cc1. The molecule has 0 unspecified atom stereocenters. The maximum Gasteiger partial charge on any atom is 0.243 e. The molecule has 1 aliphatic rings. The molecule has 1 fully saturated rings. The fraction of sp³-hybridized carbons (Fsp3) is 0.611. The van der Waals surface area contributed by atoms with Gasteiger partial charge in [0.25, 0.3) is 0 Å². The van der Waals surface area contributed by atoms with Crippen molar-refractivity contribution in [2.75, 3.05) is 26.2 Å². The van der Waals surface area contributed by atoms with Gasteiger partial charge in [0.2, 0.25) is 10.0 Å². The number of ether oxygens (including phenoxy) is 1. The van der Waals surface area contributed by atoms with Crippen molar-refractivity contribution in [2.45, 2.75) is 50.7 Å². The molecule has 8 heteroatoms. The van der Waals surface area contributed by atoms with Crippen LogP contribution in [0.1, 0.15) is 45.2 Å². The Morgan fingerprint density at radius 3 is 2.50 bits per heavy atom. The number of sulfonamides is 1. The minimum absolute atomic E-state index is 0.0234. The predicted molar refractivity (Wildman–Crippen MR) is 108 cm³/mol. The van der Waals surface area contributed by atoms with Gasteiger partial charge in [-0.15, -0.1) is 0 Å². The van der Waals surface area contributed by atoms with E-state index in [2.05, 4.69) is 10.6 Å². The maximum absolute atomic E-state index is 12.5. The average molecular weight is 400 g/mol. The maximum atomic E-state index is 12.5. The van der Waals surface area contributed by atoms with Crippen molar-refractivity contribution < 1.29 is 13.2 Å². The van der Waals surface area contributed by atoms with E-state index in [1.807, 2.05) is 32.9 Å². The van der Waals surface area contributed by atoms with Crippen LogP contribution in [-0.2, 0) is 14.8 Å². The average Bonchev–Trinajstić information content (AvgIpc) is 3.14. The second-order valence-corrected chi connectivity index (χ2v) is 8.72. The number of hydrogen-bond donors (Lipinski definition) is 2. The number of thiocarbonyl (C=S) groups is 1. The molecule has 0 amide bonds. The first-order valence-corrected chi connectivity index (χ1v) is 11.0. The highest BCUT2D eigenvalue weighted by molar-refractivity contribution is 7.89. The minimum atomic E-state index is -3.42. The molecule has 6 nitrogen and oxygen atoms in total. The molecule has 0 radical (unpaired) electrons. The fourth-order valence-electron chi connectivity index (χ4n) is 2.98. The molecule has 26 heavy (non-hydrogen) atoms. The molecule has 2 rings (SSSR count). The van der Waals surface area contributed by atoms with E-state index in [0.717, 1.165) is 25.0 Å². The van der Waals surface area contributed by atoms with Gasteiger partial charge in [-0.1, -0.05) is 26.0 Å². The Kier molecular flexibility index (Phi) is 7.82. The van der Waals surface area contributed by atoms with E-state index in [-0.39, 0.29) is 12.1 Å². The highest BCUT2D eigenvalue weighted by Crippen LogP contribution is 2.19. The van der Waals surface area contributed by atoms with Crippen molar-refractivity contribution in [2.24, 2.45) is 0 Å². The van der Waals surface area contributed by atoms with Crippen molar-refractivity contribution in [3.8, 4) is 0 Å². The Balaban J connectivity index is 1.93. The first kappa shape index (κ1) is 21.1. The van der Waals surface area contributed by atoms with E-state index in [0.29, 0.717) is 29.6 Å². The van der Waals surface area contributed by atoms with Gasteiger partial charge in [-0.25, -0.2) is 8.42 Å². The van der Waals surface area contributed by atoms with Gasteiger partial charge in [-0.2, -0.15) is 4.31 Å². The zero-order chi connectivity index (χ0) is 19.2. The molecule has 1 heterocycles. The first-order chi connectivity index (χ1) is 12.4. The van der Waals surface area contributed by atoms with Crippen LogP contribution in [0, 0.1) is 0 Å². The van der Waals surface area contributed by atoms with E-state index < -0.39 is 10.0 Å². The lowest BCUT2D eigenvalue weighted by Crippen LogP contribution is -2.40. The first-order valence-electron chi connectivity index (χ1n) is 9.14. The van der Waals surface area contributed by atoms with Crippen molar-refractivity contribution in [3.63, 3.8) is 0 Å². The molecule has 0 bridgehead atoms. The largest absolute Gasteiger partial charge is 0.376 e. The van der Waals surface area contributed by atoms with Crippen LogP contribution in [0.25, 0.3) is 0 Å². The van der Waals surface area contributed by atoms with Crippen LogP contribution >= 0.6 is 12.2 Å². The molecule has 1 aromatic carbocycles. The molecule has 1 aromatic rings. The lowest BCUT2D eigenvalue weighted by molar-refractivity contribution is 0.114. The minimum Gasteiger partial charge on any atom is -0.376 e. The van der Waals surface area contributed by atoms with Crippen LogP contribution < -0.4 is 10.6 Å².